The van der Waals surface area contributed by atoms with Crippen molar-refractivity contribution in [3.8, 4) is 0 Å². The number of carboxylic acid groups (broad SMARTS) is 1. The molecule has 1 heterocycles. The van der Waals surface area contributed by atoms with Crippen LogP contribution in [0, 0.1) is 6.92 Å². The Labute approximate surface area is 109 Å². The van der Waals surface area contributed by atoms with E-state index in [-0.39, 0.29) is 6.42 Å². The van der Waals surface area contributed by atoms with Crippen molar-refractivity contribution < 1.29 is 19.4 Å². The number of aliphatic carboxylic acids is 1. The molecular formula is C11H16N2O4S. The number of carbonyl (C=O) groups excluding carboxylic acids is 1. The first-order valence-electron chi connectivity index (χ1n) is 5.35. The third-order valence-electron chi connectivity index (χ3n) is 1.81. The lowest BCUT2D eigenvalue weighted by molar-refractivity contribution is -0.136. The van der Waals surface area contributed by atoms with E-state index in [2.05, 4.69) is 10.3 Å². The van der Waals surface area contributed by atoms with Crippen molar-refractivity contribution in [3.63, 3.8) is 0 Å². The van der Waals surface area contributed by atoms with E-state index in [0.717, 1.165) is 11.3 Å². The normalized spacial score (nSPS) is 11.1. The Morgan fingerprint density at radius 2 is 2.06 bits per heavy atom. The number of aromatic nitrogens is 1. The second-order valence-corrected chi connectivity index (χ2v) is 5.81. The molecule has 0 aromatic carbocycles. The minimum Gasteiger partial charge on any atom is -0.481 e. The third kappa shape index (κ3) is 4.70. The summed E-state index contributed by atoms with van der Waals surface area (Å²) >= 11 is 1.14. The lowest BCUT2D eigenvalue weighted by Gasteiger charge is -2.18. The number of ether oxygens (including phenoxy) is 1. The molecule has 1 aromatic rings. The molecule has 18 heavy (non-hydrogen) atoms. The van der Waals surface area contributed by atoms with Gasteiger partial charge in [0.1, 0.15) is 5.60 Å². The van der Waals surface area contributed by atoms with Gasteiger partial charge in [-0.2, -0.15) is 0 Å². The number of hydrogen-bond donors (Lipinski definition) is 2. The van der Waals surface area contributed by atoms with Gasteiger partial charge in [0.05, 0.1) is 12.1 Å². The summed E-state index contributed by atoms with van der Waals surface area (Å²) in [4.78, 5) is 26.8. The summed E-state index contributed by atoms with van der Waals surface area (Å²) in [5.41, 5.74) is 0.0220. The Balaban J connectivity index is 2.69. The second-order valence-electron chi connectivity index (χ2n) is 4.73. The summed E-state index contributed by atoms with van der Waals surface area (Å²) in [5.74, 6) is -0.925. The van der Waals surface area contributed by atoms with Crippen molar-refractivity contribution in [2.45, 2.75) is 39.7 Å². The fourth-order valence-electron chi connectivity index (χ4n) is 1.17. The number of carbonyl (C=O) groups is 2. The highest BCUT2D eigenvalue weighted by molar-refractivity contribution is 7.16. The Morgan fingerprint density at radius 3 is 2.56 bits per heavy atom. The number of rotatable bonds is 3. The van der Waals surface area contributed by atoms with E-state index >= 15 is 0 Å². The fourth-order valence-corrected chi connectivity index (χ4v) is 2.11. The molecular weight excluding hydrogens is 256 g/mol. The molecule has 0 saturated heterocycles. The first kappa shape index (κ1) is 14.4. The van der Waals surface area contributed by atoms with E-state index < -0.39 is 17.7 Å². The van der Waals surface area contributed by atoms with Gasteiger partial charge >= 0.3 is 12.1 Å². The monoisotopic (exact) mass is 272 g/mol. The summed E-state index contributed by atoms with van der Waals surface area (Å²) in [6.07, 6.45) is -0.697. The number of aryl methyl sites for hydroxylation is 1. The summed E-state index contributed by atoms with van der Waals surface area (Å²) in [6.45, 7) is 6.98. The minimum atomic E-state index is -0.925. The Bertz CT molecular complexity index is 462. The first-order valence-corrected chi connectivity index (χ1v) is 6.17. The second kappa shape index (κ2) is 5.34. The van der Waals surface area contributed by atoms with Crippen LogP contribution in [0.5, 0.6) is 0 Å². The first-order chi connectivity index (χ1) is 8.17. The Hall–Kier alpha value is -1.63. The largest absolute Gasteiger partial charge is 0.481 e. The molecule has 0 unspecified atom stereocenters. The number of thiazole rings is 1. The molecule has 1 rings (SSSR count). The van der Waals surface area contributed by atoms with Crippen LogP contribution in [0.25, 0.3) is 0 Å². The molecule has 0 fully saturated rings. The predicted molar refractivity (Wildman–Crippen MR) is 68.0 cm³/mol. The van der Waals surface area contributed by atoms with Gasteiger partial charge < -0.3 is 9.84 Å². The molecule has 0 spiro atoms. The number of carboxylic acids is 1. The quantitative estimate of drug-likeness (QED) is 0.882. The maximum Gasteiger partial charge on any atom is 0.413 e. The van der Waals surface area contributed by atoms with E-state index in [4.69, 9.17) is 9.84 Å². The average molecular weight is 272 g/mol. The van der Waals surface area contributed by atoms with Gasteiger partial charge in [0.2, 0.25) is 0 Å². The van der Waals surface area contributed by atoms with Gasteiger partial charge in [0.25, 0.3) is 0 Å². The average Bonchev–Trinajstić information content (AvgIpc) is 2.41. The molecule has 1 aromatic heterocycles. The smallest absolute Gasteiger partial charge is 0.413 e. The van der Waals surface area contributed by atoms with Crippen molar-refractivity contribution in [1.29, 1.82) is 0 Å². The van der Waals surface area contributed by atoms with Crippen LogP contribution in [-0.2, 0) is 16.0 Å². The van der Waals surface area contributed by atoms with Crippen LogP contribution in [0.1, 0.15) is 31.3 Å². The van der Waals surface area contributed by atoms with E-state index in [0.29, 0.717) is 15.7 Å². The number of hydrogen-bond acceptors (Lipinski definition) is 5. The third-order valence-corrected chi connectivity index (χ3v) is 2.89. The van der Waals surface area contributed by atoms with E-state index in [1.165, 1.54) is 0 Å². The number of nitrogens with one attached hydrogen (secondary N) is 1. The summed E-state index contributed by atoms with van der Waals surface area (Å²) in [6, 6.07) is 0. The van der Waals surface area contributed by atoms with Gasteiger partial charge in [-0.15, -0.1) is 11.3 Å². The summed E-state index contributed by atoms with van der Waals surface area (Å²) in [5, 5.41) is 11.5. The van der Waals surface area contributed by atoms with Gasteiger partial charge in [0, 0.05) is 4.88 Å². The predicted octanol–water partition coefficient (Wildman–Crippen LogP) is 2.43. The van der Waals surface area contributed by atoms with Crippen molar-refractivity contribution >= 4 is 28.5 Å². The van der Waals surface area contributed by atoms with Crippen LogP contribution in [0.2, 0.25) is 0 Å². The van der Waals surface area contributed by atoms with Crippen LogP contribution >= 0.6 is 11.3 Å². The molecule has 7 heteroatoms. The van der Waals surface area contributed by atoms with Crippen LogP contribution in [-0.4, -0.2) is 27.8 Å². The van der Waals surface area contributed by atoms with Gasteiger partial charge in [0.15, 0.2) is 5.13 Å². The van der Waals surface area contributed by atoms with Crippen molar-refractivity contribution in [2.24, 2.45) is 0 Å². The zero-order valence-corrected chi connectivity index (χ0v) is 11.6. The highest BCUT2D eigenvalue weighted by Gasteiger charge is 2.18. The Kier molecular flexibility index (Phi) is 4.28. The fraction of sp³-hybridized carbons (Fsp3) is 0.545. The van der Waals surface area contributed by atoms with E-state index in [9.17, 15) is 9.59 Å². The topological polar surface area (TPSA) is 88.5 Å². The van der Waals surface area contributed by atoms with Gasteiger partial charge in [-0.1, -0.05) is 0 Å². The van der Waals surface area contributed by atoms with Gasteiger partial charge in [-0.05, 0) is 27.7 Å². The molecule has 0 bridgehead atoms. The molecule has 6 nitrogen and oxygen atoms in total. The van der Waals surface area contributed by atoms with Crippen molar-refractivity contribution in [2.75, 3.05) is 5.32 Å². The highest BCUT2D eigenvalue weighted by atomic mass is 32.1. The maximum absolute atomic E-state index is 11.5. The Morgan fingerprint density at radius 1 is 1.44 bits per heavy atom. The van der Waals surface area contributed by atoms with Crippen molar-refractivity contribution in [3.05, 3.63) is 10.6 Å². The molecule has 0 radical (unpaired) electrons. The van der Waals surface area contributed by atoms with Crippen LogP contribution in [0.15, 0.2) is 0 Å². The highest BCUT2D eigenvalue weighted by Crippen LogP contribution is 2.23. The lowest BCUT2D eigenvalue weighted by atomic mass is 10.2. The number of anilines is 1. The van der Waals surface area contributed by atoms with E-state index in [1.807, 2.05) is 0 Å². The standard InChI is InChI=1S/C11H16N2O4S/c1-6-7(5-8(14)15)18-9(12-6)13-10(16)17-11(2,3)4/h5H2,1-4H3,(H,14,15)(H,12,13,16). The van der Waals surface area contributed by atoms with E-state index in [1.54, 1.807) is 27.7 Å². The molecule has 0 atom stereocenters. The van der Waals surface area contributed by atoms with Crippen molar-refractivity contribution in [1.82, 2.24) is 4.98 Å². The number of nitrogens with zero attached hydrogens (tertiary/aromatic N) is 1. The minimum absolute atomic E-state index is 0.0977. The lowest BCUT2D eigenvalue weighted by Crippen LogP contribution is -2.27. The molecule has 1 amide bonds. The summed E-state index contributed by atoms with van der Waals surface area (Å²) < 4.78 is 5.07. The number of amides is 1. The molecule has 100 valence electrons. The zero-order valence-electron chi connectivity index (χ0n) is 10.7. The molecule has 0 saturated carbocycles. The van der Waals surface area contributed by atoms with Crippen LogP contribution in [0.3, 0.4) is 0 Å². The molecule has 0 aliphatic carbocycles. The summed E-state index contributed by atoms with van der Waals surface area (Å²) in [7, 11) is 0. The zero-order chi connectivity index (χ0) is 13.9. The van der Waals surface area contributed by atoms with Gasteiger partial charge in [-0.3, -0.25) is 10.1 Å². The van der Waals surface area contributed by atoms with Gasteiger partial charge in [-0.25, -0.2) is 9.78 Å². The van der Waals surface area contributed by atoms with Crippen LogP contribution in [0.4, 0.5) is 9.93 Å². The van der Waals surface area contributed by atoms with Crippen LogP contribution < -0.4 is 5.32 Å². The molecule has 0 aliphatic heterocycles. The molecule has 0 aliphatic rings. The SMILES string of the molecule is Cc1nc(NC(=O)OC(C)(C)C)sc1CC(=O)O. The molecule has 2 N–H and O–H groups in total. The maximum atomic E-state index is 11.5.